The van der Waals surface area contributed by atoms with Crippen molar-refractivity contribution in [2.24, 2.45) is 0 Å². The van der Waals surface area contributed by atoms with Crippen molar-refractivity contribution >= 4 is 86.6 Å². The fourth-order valence-corrected chi connectivity index (χ4v) is 16.5. The summed E-state index contributed by atoms with van der Waals surface area (Å²) in [6.45, 7) is 0. The van der Waals surface area contributed by atoms with Gasteiger partial charge in [-0.2, -0.15) is 0 Å². The Bertz CT molecular complexity index is 7840. The number of benzene rings is 17. The molecule has 0 bridgehead atoms. The van der Waals surface area contributed by atoms with Crippen molar-refractivity contribution in [2.75, 3.05) is 0 Å². The first-order valence-corrected chi connectivity index (χ1v) is 41.0. The van der Waals surface area contributed by atoms with Crippen LogP contribution in [0.2, 0.25) is 0 Å². The maximum absolute atomic E-state index is 5.16. The summed E-state index contributed by atoms with van der Waals surface area (Å²) >= 11 is 0. The van der Waals surface area contributed by atoms with Gasteiger partial charge in [-0.1, -0.05) is 364 Å². The van der Waals surface area contributed by atoms with E-state index in [9.17, 15) is 0 Å². The van der Waals surface area contributed by atoms with E-state index >= 15 is 0 Å². The Balaban J connectivity index is 0.000000113. The molecule has 0 spiro atoms. The van der Waals surface area contributed by atoms with Crippen molar-refractivity contribution in [3.8, 4) is 135 Å². The summed E-state index contributed by atoms with van der Waals surface area (Å²) < 4.78 is 0. The highest BCUT2D eigenvalue weighted by atomic mass is 14.9. The van der Waals surface area contributed by atoms with E-state index in [4.69, 9.17) is 44.9 Å². The normalized spacial score (nSPS) is 11.3. The van der Waals surface area contributed by atoms with Crippen LogP contribution < -0.4 is 0 Å². The SMILES string of the molecule is c1ccc(-c2cccc(-c3ccc4ccc5c(-c6ccccc6)nc(-c6ccccc6)nc5c4c3)n2)cc1.c1ccc(-c2nc(-c3ccccc3)c3ccc4ccc(-c5cccc(-c6ccc7ccccc7c6)n5)cc4c3n2)cc1.c1ccc(-c2nc(-c3ccccc3)c3ccc4ccc(-c5cccc(-c6cccc7ccccc67)n5)cc4c3n2)cc1. The smallest absolute Gasteiger partial charge is 0.160 e. The van der Waals surface area contributed by atoms with Gasteiger partial charge in [0.15, 0.2) is 17.5 Å². The summed E-state index contributed by atoms with van der Waals surface area (Å²) in [5, 5.41) is 14.6. The lowest BCUT2D eigenvalue weighted by atomic mass is 9.98. The molecule has 0 radical (unpaired) electrons. The molecule has 0 aliphatic rings. The van der Waals surface area contributed by atoms with Crippen molar-refractivity contribution in [2.45, 2.75) is 0 Å². The first-order chi connectivity index (χ1) is 60.4. The van der Waals surface area contributed by atoms with Crippen LogP contribution in [0.25, 0.3) is 222 Å². The third kappa shape index (κ3) is 14.6. The average Bonchev–Trinajstić information content (AvgIpc) is 0.758. The van der Waals surface area contributed by atoms with Crippen LogP contribution in [0.15, 0.2) is 443 Å². The standard InChI is InChI=1S/2C39H25N3.C35H23N3/c1-3-12-28(13-4-1)37-33-24-23-27-21-22-30(25-34(27)38(33)42-39(41-37)29-14-5-2-6-15-29)35-19-10-20-36(40-35)32-18-9-16-26-11-7-8-17-31(26)32;1-3-11-28(12-4-1)37-33-23-22-27-19-21-32(25-34(27)38(33)42-39(41-37)29-13-5-2-6-14-29)36-17-9-16-35(40-36)31-20-18-26-10-7-8-15-30(26)24-31;1-4-11-25(12-5-1)31-17-10-18-32(36-31)28-20-19-24-21-22-29-33(26-13-6-2-7-14-26)37-35(27-15-8-3-9-16-27)38-34(29)30(24)23-28/h2*1-25H;1-23H. The highest BCUT2D eigenvalue weighted by Gasteiger charge is 2.21. The average molecular weight is 1560 g/mol. The molecule has 0 amide bonds. The van der Waals surface area contributed by atoms with E-state index in [0.717, 1.165) is 201 Å². The Labute approximate surface area is 705 Å². The molecular formula is C113H73N9. The summed E-state index contributed by atoms with van der Waals surface area (Å²) in [5.74, 6) is 2.16. The quantitative estimate of drug-likeness (QED) is 0.110. The largest absolute Gasteiger partial charge is 0.248 e. The highest BCUT2D eigenvalue weighted by molar-refractivity contribution is 6.14. The third-order valence-electron chi connectivity index (χ3n) is 22.6. The van der Waals surface area contributed by atoms with Gasteiger partial charge in [0, 0.05) is 99.1 Å². The molecule has 9 nitrogen and oxygen atoms in total. The van der Waals surface area contributed by atoms with Crippen molar-refractivity contribution in [3.05, 3.63) is 443 Å². The molecule has 122 heavy (non-hydrogen) atoms. The molecular weight excluding hydrogens is 1480 g/mol. The van der Waals surface area contributed by atoms with Crippen LogP contribution in [0.1, 0.15) is 0 Å². The molecule has 0 unspecified atom stereocenters. The van der Waals surface area contributed by atoms with Crippen LogP contribution in [-0.2, 0) is 0 Å². The lowest BCUT2D eigenvalue weighted by molar-refractivity contribution is 1.23. The molecule has 0 fully saturated rings. The van der Waals surface area contributed by atoms with E-state index in [0.29, 0.717) is 0 Å². The minimum Gasteiger partial charge on any atom is -0.248 e. The lowest BCUT2D eigenvalue weighted by Crippen LogP contribution is -1.96. The van der Waals surface area contributed by atoms with Gasteiger partial charge < -0.3 is 0 Å². The topological polar surface area (TPSA) is 116 Å². The molecule has 9 heteroatoms. The maximum Gasteiger partial charge on any atom is 0.160 e. The minimum absolute atomic E-state index is 0.718. The predicted octanol–water partition coefficient (Wildman–Crippen LogP) is 28.8. The van der Waals surface area contributed by atoms with E-state index in [1.807, 2.05) is 91.0 Å². The molecule has 0 aliphatic carbocycles. The fraction of sp³-hybridized carbons (Fsp3) is 0. The Morgan fingerprint density at radius 1 is 0.123 bits per heavy atom. The number of aromatic nitrogens is 9. The van der Waals surface area contributed by atoms with Crippen molar-refractivity contribution < 1.29 is 0 Å². The summed E-state index contributed by atoms with van der Waals surface area (Å²) in [7, 11) is 0. The second kappa shape index (κ2) is 32.5. The third-order valence-corrected chi connectivity index (χ3v) is 22.6. The Hall–Kier alpha value is -16.5. The summed E-state index contributed by atoms with van der Waals surface area (Å²) in [6, 6.07) is 153. The minimum atomic E-state index is 0.718. The number of nitrogens with zero attached hydrogens (tertiary/aromatic N) is 9. The van der Waals surface area contributed by atoms with Gasteiger partial charge in [-0.15, -0.1) is 0 Å². The Morgan fingerprint density at radius 2 is 0.385 bits per heavy atom. The predicted molar refractivity (Wildman–Crippen MR) is 505 cm³/mol. The van der Waals surface area contributed by atoms with Crippen LogP contribution >= 0.6 is 0 Å². The van der Waals surface area contributed by atoms with Crippen molar-refractivity contribution in [1.82, 2.24) is 44.9 Å². The van der Waals surface area contributed by atoms with Crippen LogP contribution in [0.5, 0.6) is 0 Å². The second-order valence-electron chi connectivity index (χ2n) is 30.3. The number of pyridine rings is 3. The summed E-state index contributed by atoms with van der Waals surface area (Å²) in [6.07, 6.45) is 0. The van der Waals surface area contributed by atoms with Crippen LogP contribution in [0.4, 0.5) is 0 Å². The van der Waals surface area contributed by atoms with Crippen LogP contribution in [0, 0.1) is 0 Å². The highest BCUT2D eigenvalue weighted by Crippen LogP contribution is 2.41. The van der Waals surface area contributed by atoms with Crippen LogP contribution in [-0.4, -0.2) is 44.9 Å². The zero-order valence-electron chi connectivity index (χ0n) is 66.2. The monoisotopic (exact) mass is 1560 g/mol. The van der Waals surface area contributed by atoms with E-state index in [2.05, 4.69) is 352 Å². The van der Waals surface area contributed by atoms with Gasteiger partial charge in [-0.05, 0) is 117 Å². The molecule has 0 atom stereocenters. The number of hydrogen-bond acceptors (Lipinski definition) is 9. The van der Waals surface area contributed by atoms with Gasteiger partial charge in [-0.25, -0.2) is 44.9 Å². The molecule has 6 aromatic heterocycles. The van der Waals surface area contributed by atoms with Gasteiger partial charge in [0.25, 0.3) is 0 Å². The molecule has 17 aromatic carbocycles. The molecule has 0 aliphatic heterocycles. The number of hydrogen-bond donors (Lipinski definition) is 0. The second-order valence-corrected chi connectivity index (χ2v) is 30.3. The number of rotatable bonds is 12. The first-order valence-electron chi connectivity index (χ1n) is 41.0. The van der Waals surface area contributed by atoms with E-state index in [1.54, 1.807) is 0 Å². The van der Waals surface area contributed by atoms with Crippen molar-refractivity contribution in [1.29, 1.82) is 0 Å². The Kier molecular flexibility index (Phi) is 19.5. The number of fused-ring (bicyclic) bond motifs is 11. The first kappa shape index (κ1) is 73.2. The Morgan fingerprint density at radius 3 is 0.770 bits per heavy atom. The molecule has 0 saturated heterocycles. The summed E-state index contributed by atoms with van der Waals surface area (Å²) in [4.78, 5) is 45.9. The molecule has 23 aromatic rings. The van der Waals surface area contributed by atoms with E-state index < -0.39 is 0 Å². The fourth-order valence-electron chi connectivity index (χ4n) is 16.5. The zero-order chi connectivity index (χ0) is 81.1. The lowest BCUT2D eigenvalue weighted by Gasteiger charge is -2.13. The van der Waals surface area contributed by atoms with Gasteiger partial charge in [0.1, 0.15) is 0 Å². The molecule has 570 valence electrons. The van der Waals surface area contributed by atoms with Gasteiger partial charge in [0.05, 0.1) is 67.8 Å². The molecule has 23 rings (SSSR count). The van der Waals surface area contributed by atoms with Gasteiger partial charge in [0.2, 0.25) is 0 Å². The molecule has 0 saturated carbocycles. The maximum atomic E-state index is 5.16. The zero-order valence-corrected chi connectivity index (χ0v) is 66.2. The van der Waals surface area contributed by atoms with Gasteiger partial charge in [-0.3, -0.25) is 0 Å². The molecule has 6 heterocycles. The van der Waals surface area contributed by atoms with E-state index in [-0.39, 0.29) is 0 Å². The van der Waals surface area contributed by atoms with Gasteiger partial charge >= 0.3 is 0 Å². The van der Waals surface area contributed by atoms with Crippen molar-refractivity contribution in [3.63, 3.8) is 0 Å². The molecule has 0 N–H and O–H groups in total. The summed E-state index contributed by atoms with van der Waals surface area (Å²) in [5.41, 5.74) is 24.0. The van der Waals surface area contributed by atoms with E-state index in [1.165, 1.54) is 21.5 Å². The van der Waals surface area contributed by atoms with Crippen LogP contribution in [0.3, 0.4) is 0 Å².